The zero-order valence-electron chi connectivity index (χ0n) is 25.4. The van der Waals surface area contributed by atoms with Gasteiger partial charge in [-0.05, 0) is 125 Å². The Hall–Kier alpha value is -2.83. The van der Waals surface area contributed by atoms with Crippen LogP contribution in [-0.4, -0.2) is 52.3 Å². The molecule has 8 bridgehead atoms. The summed E-state index contributed by atoms with van der Waals surface area (Å²) in [6.45, 7) is 1.16. The first-order valence-corrected chi connectivity index (χ1v) is 16.9. The molecule has 0 atom stereocenters. The molecule has 0 aromatic heterocycles. The van der Waals surface area contributed by atoms with Crippen LogP contribution in [0.4, 0.5) is 4.79 Å². The quantitative estimate of drug-likeness (QED) is 0.366. The zero-order chi connectivity index (χ0) is 29.7. The molecule has 1 saturated heterocycles. The zero-order valence-corrected chi connectivity index (χ0v) is 25.4. The van der Waals surface area contributed by atoms with Crippen LogP contribution in [0.3, 0.4) is 0 Å². The predicted octanol–water partition coefficient (Wildman–Crippen LogP) is 5.70. The third-order valence-electron chi connectivity index (χ3n) is 13.3. The van der Waals surface area contributed by atoms with E-state index in [1.54, 1.807) is 31.2 Å². The van der Waals surface area contributed by atoms with E-state index in [1.807, 2.05) is 6.07 Å². The number of urea groups is 1. The Balaban J connectivity index is 1.13. The maximum atomic E-state index is 14.4. The summed E-state index contributed by atoms with van der Waals surface area (Å²) < 4.78 is 0. The van der Waals surface area contributed by atoms with E-state index in [2.05, 4.69) is 0 Å². The molecule has 9 aliphatic rings. The van der Waals surface area contributed by atoms with Gasteiger partial charge in [0.15, 0.2) is 17.0 Å². The number of hydrogen-bond donors (Lipinski definition) is 0. The van der Waals surface area contributed by atoms with E-state index in [-0.39, 0.29) is 31.1 Å². The summed E-state index contributed by atoms with van der Waals surface area (Å²) in [5.74, 6) is 2.02. The van der Waals surface area contributed by atoms with Crippen molar-refractivity contribution < 1.29 is 24.0 Å². The lowest BCUT2D eigenvalue weighted by Gasteiger charge is -2.56. The molecular formula is C36H44N2O5. The van der Waals surface area contributed by atoms with Crippen LogP contribution in [-0.2, 0) is 24.6 Å². The van der Waals surface area contributed by atoms with Crippen molar-refractivity contribution in [2.45, 2.75) is 95.8 Å². The monoisotopic (exact) mass is 584 g/mol. The number of imide groups is 2. The molecule has 0 radical (unpaired) electrons. The minimum atomic E-state index is -1.64. The Labute approximate surface area is 254 Å². The maximum absolute atomic E-state index is 14.4. The fourth-order valence-electron chi connectivity index (χ4n) is 12.2. The molecule has 1 aromatic carbocycles. The van der Waals surface area contributed by atoms with Gasteiger partial charge in [0.2, 0.25) is 0 Å². The Morgan fingerprint density at radius 3 is 1.30 bits per heavy atom. The van der Waals surface area contributed by atoms with Crippen molar-refractivity contribution in [3.05, 3.63) is 35.9 Å². The second kappa shape index (κ2) is 9.58. The molecule has 8 saturated carbocycles. The maximum Gasteiger partial charge on any atom is 0.334 e. The first-order chi connectivity index (χ1) is 20.6. The van der Waals surface area contributed by atoms with Crippen molar-refractivity contribution in [1.29, 1.82) is 0 Å². The smallest absolute Gasteiger partial charge is 0.297 e. The summed E-state index contributed by atoms with van der Waals surface area (Å²) in [7, 11) is 0. The normalized spacial score (nSPS) is 42.7. The third-order valence-corrected chi connectivity index (χ3v) is 13.3. The summed E-state index contributed by atoms with van der Waals surface area (Å²) in [6.07, 6.45) is 12.4. The van der Waals surface area contributed by atoms with Crippen LogP contribution in [0.15, 0.2) is 30.3 Å². The lowest BCUT2D eigenvalue weighted by Crippen LogP contribution is -2.69. The van der Waals surface area contributed by atoms with Gasteiger partial charge in [0.1, 0.15) is 0 Å². The van der Waals surface area contributed by atoms with Gasteiger partial charge in [-0.2, -0.15) is 0 Å². The molecular weight excluding hydrogens is 540 g/mol. The summed E-state index contributed by atoms with van der Waals surface area (Å²) in [5, 5.41) is 0. The van der Waals surface area contributed by atoms with Crippen molar-refractivity contribution >= 4 is 29.4 Å². The molecule has 0 N–H and O–H groups in total. The van der Waals surface area contributed by atoms with E-state index in [1.165, 1.54) is 38.5 Å². The molecule has 0 spiro atoms. The van der Waals surface area contributed by atoms with Crippen LogP contribution >= 0.6 is 0 Å². The van der Waals surface area contributed by atoms with E-state index in [0.29, 0.717) is 41.1 Å². The van der Waals surface area contributed by atoms with Crippen LogP contribution in [0.5, 0.6) is 0 Å². The molecule has 7 nitrogen and oxygen atoms in total. The second-order valence-electron chi connectivity index (χ2n) is 15.9. The number of Topliss-reactive ketones (excluding diaryl/α,β-unsaturated/α-hetero) is 2. The molecule has 228 valence electrons. The van der Waals surface area contributed by atoms with Crippen LogP contribution in [0.2, 0.25) is 0 Å². The third kappa shape index (κ3) is 4.01. The number of barbiturate groups is 1. The highest BCUT2D eigenvalue weighted by Gasteiger charge is 2.61. The molecule has 1 heterocycles. The molecule has 0 unspecified atom stereocenters. The summed E-state index contributed by atoms with van der Waals surface area (Å²) >= 11 is 0. The highest BCUT2D eigenvalue weighted by molar-refractivity contribution is 6.24. The Bertz CT molecular complexity index is 1250. The van der Waals surface area contributed by atoms with E-state index >= 15 is 0 Å². The van der Waals surface area contributed by atoms with Crippen molar-refractivity contribution in [3.63, 3.8) is 0 Å². The standard InChI is InChI=1S/C36H44N2O5/c1-2-36(28-6-4-3-5-7-28)31(41)37(20-29(39)34-14-22-8-23(15-34)10-24(9-22)16-34)33(43)38(32(36)42)21-30(40)35-17-25-11-26(18-35)13-27(12-25)19-35/h3-7,22-27H,2,8-21H2,1H3. The Morgan fingerprint density at radius 2 is 0.977 bits per heavy atom. The minimum Gasteiger partial charge on any atom is -0.297 e. The fourth-order valence-corrected chi connectivity index (χ4v) is 12.2. The SMILES string of the molecule is CCC1(c2ccccc2)C(=O)N(CC(=O)C23CC4CC(CC(C4)C2)C3)C(=O)N(CC(=O)C23CC4CC(CC(C4)C2)C3)C1=O. The highest BCUT2D eigenvalue weighted by Crippen LogP contribution is 2.61. The predicted molar refractivity (Wildman–Crippen MR) is 158 cm³/mol. The molecule has 9 fully saturated rings. The van der Waals surface area contributed by atoms with Gasteiger partial charge in [-0.25, -0.2) is 4.79 Å². The molecule has 1 aliphatic heterocycles. The average molecular weight is 585 g/mol. The Morgan fingerprint density at radius 1 is 0.628 bits per heavy atom. The van der Waals surface area contributed by atoms with Crippen molar-refractivity contribution in [3.8, 4) is 0 Å². The van der Waals surface area contributed by atoms with Gasteiger partial charge in [0.25, 0.3) is 11.8 Å². The summed E-state index contributed by atoms with van der Waals surface area (Å²) in [5.41, 5.74) is -2.07. The van der Waals surface area contributed by atoms with Gasteiger partial charge >= 0.3 is 6.03 Å². The summed E-state index contributed by atoms with van der Waals surface area (Å²) in [4.78, 5) is 73.6. The van der Waals surface area contributed by atoms with E-state index < -0.39 is 34.1 Å². The minimum absolute atomic E-state index is 0.0342. The van der Waals surface area contributed by atoms with Crippen LogP contribution in [0, 0.1) is 46.3 Å². The molecule has 10 rings (SSSR count). The topological polar surface area (TPSA) is 91.8 Å². The lowest BCUT2D eigenvalue weighted by atomic mass is 9.48. The number of carbonyl (C=O) groups excluding carboxylic acids is 5. The van der Waals surface area contributed by atoms with Crippen molar-refractivity contribution in [2.24, 2.45) is 46.3 Å². The average Bonchev–Trinajstić information content (AvgIpc) is 2.97. The number of nitrogens with zero attached hydrogens (tertiary/aromatic N) is 2. The molecule has 8 aliphatic carbocycles. The van der Waals surface area contributed by atoms with Gasteiger partial charge in [-0.15, -0.1) is 0 Å². The highest BCUT2D eigenvalue weighted by atomic mass is 16.2. The van der Waals surface area contributed by atoms with Crippen molar-refractivity contribution in [2.75, 3.05) is 13.1 Å². The molecule has 4 amide bonds. The fraction of sp³-hybridized carbons (Fsp3) is 0.694. The number of carbonyl (C=O) groups is 5. The first-order valence-electron chi connectivity index (χ1n) is 16.9. The number of hydrogen-bond acceptors (Lipinski definition) is 5. The number of rotatable bonds is 8. The number of ketones is 2. The summed E-state index contributed by atoms with van der Waals surface area (Å²) in [6, 6.07) is 8.14. The Kier molecular flexibility index (Phi) is 6.17. The van der Waals surface area contributed by atoms with E-state index in [9.17, 15) is 24.0 Å². The molecule has 43 heavy (non-hydrogen) atoms. The molecule has 1 aromatic rings. The van der Waals surface area contributed by atoms with E-state index in [4.69, 9.17) is 0 Å². The van der Waals surface area contributed by atoms with Gasteiger partial charge in [0.05, 0.1) is 13.1 Å². The van der Waals surface area contributed by atoms with Gasteiger partial charge in [-0.1, -0.05) is 37.3 Å². The van der Waals surface area contributed by atoms with Crippen LogP contribution in [0.1, 0.15) is 96.0 Å². The van der Waals surface area contributed by atoms with Crippen LogP contribution < -0.4 is 0 Å². The van der Waals surface area contributed by atoms with Gasteiger partial charge in [0, 0.05) is 10.8 Å². The first kappa shape index (κ1) is 27.7. The van der Waals surface area contributed by atoms with Crippen LogP contribution in [0.25, 0.3) is 0 Å². The van der Waals surface area contributed by atoms with Crippen molar-refractivity contribution in [1.82, 2.24) is 9.80 Å². The van der Waals surface area contributed by atoms with Gasteiger partial charge in [-0.3, -0.25) is 29.0 Å². The largest absolute Gasteiger partial charge is 0.334 e. The van der Waals surface area contributed by atoms with Gasteiger partial charge < -0.3 is 0 Å². The second-order valence-corrected chi connectivity index (χ2v) is 15.9. The molecule has 7 heteroatoms. The lowest BCUT2D eigenvalue weighted by molar-refractivity contribution is -0.160. The van der Waals surface area contributed by atoms with E-state index in [0.717, 1.165) is 48.3 Å². The number of amides is 4. The number of benzene rings is 1.